The maximum Gasteiger partial charge on any atom is 0.415 e. The summed E-state index contributed by atoms with van der Waals surface area (Å²) in [5.74, 6) is -6.41. The second kappa shape index (κ2) is 13.4. The fourth-order valence-corrected chi connectivity index (χ4v) is 4.84. The number of aliphatic carboxylic acids is 1. The minimum Gasteiger partial charge on any atom is -0.481 e. The SMILES string of the molecule is CC1c2ccc(C(=O)NCc3c(F)cc(F)cc3F)cc2N(Cc2c(F)ccc(OC(=O)N(C)CCC(=O)O)c2Cl)C(=O)N1C. The van der Waals surface area contributed by atoms with E-state index in [4.69, 9.17) is 21.4 Å². The van der Waals surface area contributed by atoms with Crippen molar-refractivity contribution in [1.82, 2.24) is 15.1 Å². The van der Waals surface area contributed by atoms with Crippen LogP contribution in [0, 0.1) is 23.3 Å². The Hall–Kier alpha value is -4.85. The van der Waals surface area contributed by atoms with Gasteiger partial charge in [0.15, 0.2) is 5.75 Å². The van der Waals surface area contributed by atoms with E-state index in [2.05, 4.69) is 5.32 Å². The number of ether oxygens (including phenoxy) is 1. The van der Waals surface area contributed by atoms with E-state index < -0.39 is 72.0 Å². The fourth-order valence-electron chi connectivity index (χ4n) is 4.59. The van der Waals surface area contributed by atoms with Gasteiger partial charge < -0.3 is 25.0 Å². The van der Waals surface area contributed by atoms with Crippen molar-refractivity contribution in [2.75, 3.05) is 25.5 Å². The first-order valence-corrected chi connectivity index (χ1v) is 13.8. The van der Waals surface area contributed by atoms with Crippen LogP contribution in [0.2, 0.25) is 5.02 Å². The van der Waals surface area contributed by atoms with Crippen LogP contribution in [0.25, 0.3) is 0 Å². The zero-order valence-electron chi connectivity index (χ0n) is 24.2. The van der Waals surface area contributed by atoms with Crippen molar-refractivity contribution in [3.63, 3.8) is 0 Å². The van der Waals surface area contributed by atoms with Crippen molar-refractivity contribution in [1.29, 1.82) is 0 Å². The molecule has 0 aliphatic carbocycles. The number of urea groups is 1. The van der Waals surface area contributed by atoms with Crippen LogP contribution in [0.3, 0.4) is 0 Å². The number of rotatable bonds is 9. The Morgan fingerprint density at radius 2 is 1.69 bits per heavy atom. The number of nitrogens with one attached hydrogen (secondary N) is 1. The van der Waals surface area contributed by atoms with E-state index in [9.17, 15) is 32.3 Å². The van der Waals surface area contributed by atoms with E-state index >= 15 is 4.39 Å². The van der Waals surface area contributed by atoms with Gasteiger partial charge >= 0.3 is 18.1 Å². The molecular weight excluding hydrogens is 624 g/mol. The number of amides is 4. The van der Waals surface area contributed by atoms with Gasteiger partial charge in [0.2, 0.25) is 0 Å². The van der Waals surface area contributed by atoms with Gasteiger partial charge in [-0.25, -0.2) is 27.2 Å². The first kappa shape index (κ1) is 33.1. The van der Waals surface area contributed by atoms with Crippen LogP contribution in [0.5, 0.6) is 5.75 Å². The van der Waals surface area contributed by atoms with Crippen LogP contribution in [-0.2, 0) is 17.9 Å². The molecule has 0 saturated carbocycles. The van der Waals surface area contributed by atoms with Crippen LogP contribution in [-0.4, -0.2) is 59.5 Å². The summed E-state index contributed by atoms with van der Waals surface area (Å²) in [6.45, 7) is 0.536. The Labute approximate surface area is 259 Å². The molecule has 10 nitrogen and oxygen atoms in total. The second-order valence-corrected chi connectivity index (χ2v) is 10.6. The Morgan fingerprint density at radius 3 is 2.33 bits per heavy atom. The molecular formula is C30H27ClF4N4O6. The lowest BCUT2D eigenvalue weighted by Gasteiger charge is -2.40. The van der Waals surface area contributed by atoms with Crippen molar-refractivity contribution in [2.24, 2.45) is 0 Å². The number of hydrogen-bond donors (Lipinski definition) is 2. The fraction of sp³-hybridized carbons (Fsp3) is 0.267. The number of halogens is 5. The first-order valence-electron chi connectivity index (χ1n) is 13.4. The first-order chi connectivity index (χ1) is 21.2. The molecule has 4 amide bonds. The summed E-state index contributed by atoms with van der Waals surface area (Å²) in [7, 11) is 2.84. The van der Waals surface area contributed by atoms with Crippen molar-refractivity contribution in [3.05, 3.63) is 93.0 Å². The van der Waals surface area contributed by atoms with Gasteiger partial charge in [0, 0.05) is 56.0 Å². The summed E-state index contributed by atoms with van der Waals surface area (Å²) in [5, 5.41) is 10.9. The highest BCUT2D eigenvalue weighted by molar-refractivity contribution is 6.33. The van der Waals surface area contributed by atoms with Gasteiger partial charge in [0.1, 0.15) is 23.3 Å². The minimum absolute atomic E-state index is 0.00452. The zero-order chi connectivity index (χ0) is 33.2. The highest BCUT2D eigenvalue weighted by Gasteiger charge is 2.35. The van der Waals surface area contributed by atoms with Gasteiger partial charge in [-0.3, -0.25) is 14.5 Å². The third kappa shape index (κ3) is 7.11. The summed E-state index contributed by atoms with van der Waals surface area (Å²) in [6.07, 6.45) is -1.28. The maximum atomic E-state index is 15.1. The van der Waals surface area contributed by atoms with E-state index in [1.54, 1.807) is 13.0 Å². The van der Waals surface area contributed by atoms with E-state index in [0.717, 1.165) is 17.0 Å². The van der Waals surface area contributed by atoms with Crippen molar-refractivity contribution in [3.8, 4) is 5.75 Å². The Bertz CT molecular complexity index is 1670. The molecule has 238 valence electrons. The number of carboxylic acid groups (broad SMARTS) is 1. The lowest BCUT2D eigenvalue weighted by molar-refractivity contribution is -0.137. The molecule has 1 aliphatic heterocycles. The third-order valence-electron chi connectivity index (χ3n) is 7.32. The third-order valence-corrected chi connectivity index (χ3v) is 7.73. The summed E-state index contributed by atoms with van der Waals surface area (Å²) in [4.78, 5) is 53.2. The summed E-state index contributed by atoms with van der Waals surface area (Å²) < 4.78 is 61.8. The molecule has 3 aromatic rings. The number of anilines is 1. The lowest BCUT2D eigenvalue weighted by atomic mass is 9.98. The molecule has 1 unspecified atom stereocenters. The van der Waals surface area contributed by atoms with Gasteiger partial charge in [-0.2, -0.15) is 0 Å². The quantitative estimate of drug-likeness (QED) is 0.280. The molecule has 15 heteroatoms. The van der Waals surface area contributed by atoms with Crippen LogP contribution < -0.4 is 15.0 Å². The second-order valence-electron chi connectivity index (χ2n) is 10.2. The van der Waals surface area contributed by atoms with E-state index in [-0.39, 0.29) is 40.6 Å². The Balaban J connectivity index is 1.62. The van der Waals surface area contributed by atoms with E-state index in [1.807, 2.05) is 0 Å². The summed E-state index contributed by atoms with van der Waals surface area (Å²) >= 11 is 6.44. The van der Waals surface area contributed by atoms with Crippen LogP contribution in [0.15, 0.2) is 42.5 Å². The van der Waals surface area contributed by atoms with E-state index in [0.29, 0.717) is 17.7 Å². The minimum atomic E-state index is -1.18. The normalized spacial score (nSPS) is 14.2. The van der Waals surface area contributed by atoms with Gasteiger partial charge in [-0.05, 0) is 36.8 Å². The van der Waals surface area contributed by atoms with Crippen molar-refractivity contribution < 1.29 is 46.6 Å². The van der Waals surface area contributed by atoms with Crippen molar-refractivity contribution >= 4 is 41.3 Å². The van der Waals surface area contributed by atoms with Crippen LogP contribution in [0.4, 0.5) is 32.8 Å². The molecule has 1 atom stereocenters. The molecule has 45 heavy (non-hydrogen) atoms. The molecule has 0 spiro atoms. The van der Waals surface area contributed by atoms with E-state index in [1.165, 1.54) is 36.0 Å². The van der Waals surface area contributed by atoms with Gasteiger partial charge in [0.25, 0.3) is 5.91 Å². The molecule has 0 radical (unpaired) electrons. The maximum absolute atomic E-state index is 15.1. The average molecular weight is 651 g/mol. The molecule has 4 rings (SSSR count). The highest BCUT2D eigenvalue weighted by atomic mass is 35.5. The van der Waals surface area contributed by atoms with Gasteiger partial charge in [-0.15, -0.1) is 0 Å². The number of fused-ring (bicyclic) bond motifs is 1. The van der Waals surface area contributed by atoms with Crippen molar-refractivity contribution in [2.45, 2.75) is 32.5 Å². The standard InChI is InChI=1S/C30H27ClF4N4O6/c1-15-18-5-4-16(28(42)36-13-19-22(34)11-17(32)12-23(19)35)10-24(18)39(29(43)38(15)3)14-20-21(33)6-7-25(27(20)31)45-30(44)37(2)9-8-26(40)41/h4-7,10-12,15H,8-9,13-14H2,1-3H3,(H,36,42)(H,40,41). The molecule has 0 bridgehead atoms. The predicted molar refractivity (Wildman–Crippen MR) is 154 cm³/mol. The molecule has 0 saturated heterocycles. The molecule has 0 aromatic heterocycles. The molecule has 1 heterocycles. The number of carbonyl (C=O) groups excluding carboxylic acids is 3. The number of carboxylic acids is 1. The Morgan fingerprint density at radius 1 is 1.02 bits per heavy atom. The number of hydrogen-bond acceptors (Lipinski definition) is 5. The van der Waals surface area contributed by atoms with Gasteiger partial charge in [0.05, 0.1) is 29.7 Å². The average Bonchev–Trinajstić information content (AvgIpc) is 2.98. The van der Waals surface area contributed by atoms with Gasteiger partial charge in [-0.1, -0.05) is 17.7 Å². The summed E-state index contributed by atoms with van der Waals surface area (Å²) in [6, 6.07) is 6.42. The lowest BCUT2D eigenvalue weighted by Crippen LogP contribution is -2.46. The number of carbonyl (C=O) groups is 4. The highest BCUT2D eigenvalue weighted by Crippen LogP contribution is 2.39. The predicted octanol–water partition coefficient (Wildman–Crippen LogP) is 5.86. The molecule has 2 N–H and O–H groups in total. The molecule has 3 aromatic carbocycles. The zero-order valence-corrected chi connectivity index (χ0v) is 24.9. The Kier molecular flexibility index (Phi) is 9.86. The largest absolute Gasteiger partial charge is 0.481 e. The number of nitrogens with zero attached hydrogens (tertiary/aromatic N) is 3. The molecule has 1 aliphatic rings. The van der Waals surface area contributed by atoms with Crippen LogP contribution >= 0.6 is 11.6 Å². The van der Waals surface area contributed by atoms with Crippen LogP contribution in [0.1, 0.15) is 46.4 Å². The monoisotopic (exact) mass is 650 g/mol. The number of benzene rings is 3. The topological polar surface area (TPSA) is 119 Å². The summed E-state index contributed by atoms with van der Waals surface area (Å²) in [5.41, 5.74) is 0.0556. The smallest absolute Gasteiger partial charge is 0.415 e. The molecule has 0 fully saturated rings.